The van der Waals surface area contributed by atoms with Crippen LogP contribution in [0.5, 0.6) is 5.75 Å². The summed E-state index contributed by atoms with van der Waals surface area (Å²) in [5.74, 6) is 0.916. The van der Waals surface area contributed by atoms with E-state index < -0.39 is 17.3 Å². The van der Waals surface area contributed by atoms with Crippen molar-refractivity contribution in [3.63, 3.8) is 0 Å². The van der Waals surface area contributed by atoms with Crippen LogP contribution in [0.3, 0.4) is 0 Å². The molecule has 12 heteroatoms. The summed E-state index contributed by atoms with van der Waals surface area (Å²) in [7, 11) is 1.30. The van der Waals surface area contributed by atoms with E-state index >= 15 is 0 Å². The molecule has 5 rings (SSSR count). The Labute approximate surface area is 220 Å². The fourth-order valence-corrected chi connectivity index (χ4v) is 4.26. The van der Waals surface area contributed by atoms with E-state index in [1.54, 1.807) is 18.2 Å². The highest BCUT2D eigenvalue weighted by Crippen LogP contribution is 2.32. The predicted octanol–water partition coefficient (Wildman–Crippen LogP) is 4.45. The van der Waals surface area contributed by atoms with Crippen molar-refractivity contribution >= 4 is 23.5 Å². The van der Waals surface area contributed by atoms with Gasteiger partial charge in [0, 0.05) is 37.0 Å². The summed E-state index contributed by atoms with van der Waals surface area (Å²) in [4.78, 5) is 37.9. The highest BCUT2D eigenvalue weighted by Gasteiger charge is 2.31. The zero-order valence-corrected chi connectivity index (χ0v) is 20.9. The van der Waals surface area contributed by atoms with Crippen LogP contribution in [-0.2, 0) is 25.7 Å². The second kappa shape index (κ2) is 10.1. The van der Waals surface area contributed by atoms with Crippen LogP contribution in [0.25, 0.3) is 0 Å². The van der Waals surface area contributed by atoms with Gasteiger partial charge in [0.15, 0.2) is 0 Å². The number of aromatic nitrogens is 2. The fraction of sp³-hybridized carbons (Fsp3) is 0.269. The Morgan fingerprint density at radius 1 is 1.18 bits per heavy atom. The highest BCUT2D eigenvalue weighted by atomic mass is 35.5. The van der Waals surface area contributed by atoms with Gasteiger partial charge < -0.3 is 19.8 Å². The zero-order chi connectivity index (χ0) is 27.0. The van der Waals surface area contributed by atoms with Crippen LogP contribution in [0.1, 0.15) is 39.2 Å². The van der Waals surface area contributed by atoms with Crippen LogP contribution < -0.4 is 20.5 Å². The molecular weight excluding hydrogens is 525 g/mol. The minimum absolute atomic E-state index is 0.0211. The standard InChI is InChI=1S/C26H22ClF3N4O4/c1-37-34-24(36)20-14-33(23(35)19-9-6-17(27)12-22(19)38-18-7-8-18)11-10-21(20)32-25(34)31-13-15-2-4-16(5-3-15)26(28,29)30/h2-7,9,12H,8,10-11,13-14H2,1H3,(H,31,32). The van der Waals surface area contributed by atoms with Crippen molar-refractivity contribution in [2.24, 2.45) is 0 Å². The summed E-state index contributed by atoms with van der Waals surface area (Å²) < 4.78 is 45.2. The van der Waals surface area contributed by atoms with E-state index in [4.69, 9.17) is 21.2 Å². The summed E-state index contributed by atoms with van der Waals surface area (Å²) in [6.07, 6.45) is -1.50. The zero-order valence-electron chi connectivity index (χ0n) is 20.1. The lowest BCUT2D eigenvalue weighted by molar-refractivity contribution is -0.137. The Kier molecular flexibility index (Phi) is 6.78. The van der Waals surface area contributed by atoms with Gasteiger partial charge in [-0.2, -0.15) is 13.2 Å². The number of halogens is 4. The predicted molar refractivity (Wildman–Crippen MR) is 133 cm³/mol. The van der Waals surface area contributed by atoms with Gasteiger partial charge in [-0.05, 0) is 35.9 Å². The molecule has 3 aromatic rings. The number of nitrogens with one attached hydrogen (secondary N) is 1. The molecule has 0 fully saturated rings. The van der Waals surface area contributed by atoms with Gasteiger partial charge in [0.1, 0.15) is 18.6 Å². The Bertz CT molecular complexity index is 1490. The van der Waals surface area contributed by atoms with Gasteiger partial charge >= 0.3 is 6.18 Å². The van der Waals surface area contributed by atoms with Gasteiger partial charge in [0.2, 0.25) is 5.95 Å². The molecule has 1 aromatic heterocycles. The maximum absolute atomic E-state index is 13.4. The molecule has 0 unspecified atom stereocenters. The lowest BCUT2D eigenvalue weighted by Gasteiger charge is -2.29. The van der Waals surface area contributed by atoms with Crippen molar-refractivity contribution in [3.8, 4) is 5.75 Å². The molecular formula is C26H22ClF3N4O4. The van der Waals surface area contributed by atoms with Gasteiger partial charge in [-0.25, -0.2) is 4.98 Å². The number of carbonyl (C=O) groups is 1. The minimum atomic E-state index is -4.42. The average molecular weight is 547 g/mol. The normalized spacial score (nSPS) is 14.4. The number of nitrogens with zero attached hydrogens (tertiary/aromatic N) is 3. The molecule has 2 aromatic carbocycles. The number of hydrogen-bond donors (Lipinski definition) is 1. The second-order valence-electron chi connectivity index (χ2n) is 8.78. The molecule has 198 valence electrons. The number of amides is 1. The monoisotopic (exact) mass is 546 g/mol. The third-order valence-corrected chi connectivity index (χ3v) is 6.41. The number of anilines is 1. The van der Waals surface area contributed by atoms with Crippen molar-refractivity contribution in [3.05, 3.63) is 97.6 Å². The molecule has 2 aliphatic rings. The quantitative estimate of drug-likeness (QED) is 0.471. The molecule has 0 bridgehead atoms. The van der Waals surface area contributed by atoms with Crippen LogP contribution in [0.2, 0.25) is 5.02 Å². The molecule has 0 saturated heterocycles. The Balaban J connectivity index is 1.35. The fourth-order valence-electron chi connectivity index (χ4n) is 4.10. The average Bonchev–Trinajstić information content (AvgIpc) is 3.71. The lowest BCUT2D eigenvalue weighted by Crippen LogP contribution is -2.42. The molecule has 1 aliphatic carbocycles. The third-order valence-electron chi connectivity index (χ3n) is 6.18. The van der Waals surface area contributed by atoms with E-state index in [-0.39, 0.29) is 24.9 Å². The first kappa shape index (κ1) is 25.7. The Morgan fingerprint density at radius 3 is 2.58 bits per heavy atom. The van der Waals surface area contributed by atoms with Crippen LogP contribution >= 0.6 is 11.6 Å². The van der Waals surface area contributed by atoms with E-state index in [2.05, 4.69) is 10.3 Å². The van der Waals surface area contributed by atoms with Gasteiger partial charge in [-0.15, -0.1) is 4.73 Å². The second-order valence-corrected chi connectivity index (χ2v) is 9.22. The van der Waals surface area contributed by atoms with E-state index in [1.165, 1.54) is 24.1 Å². The minimum Gasteiger partial charge on any atom is -0.461 e. The molecule has 38 heavy (non-hydrogen) atoms. The van der Waals surface area contributed by atoms with Crippen LogP contribution in [0.15, 0.2) is 59.1 Å². The Morgan fingerprint density at radius 2 is 1.92 bits per heavy atom. The molecule has 0 atom stereocenters. The molecule has 8 nitrogen and oxygen atoms in total. The number of fused-ring (bicyclic) bond motifs is 1. The van der Waals surface area contributed by atoms with E-state index in [1.807, 2.05) is 6.08 Å². The maximum atomic E-state index is 13.4. The summed E-state index contributed by atoms with van der Waals surface area (Å²) in [6, 6.07) is 9.46. The van der Waals surface area contributed by atoms with Crippen molar-refractivity contribution in [2.45, 2.75) is 32.1 Å². The number of ether oxygens (including phenoxy) is 1. The molecule has 1 amide bonds. The number of alkyl halides is 3. The number of allylic oxidation sites excluding steroid dienone is 2. The molecule has 0 radical (unpaired) electrons. The summed E-state index contributed by atoms with van der Waals surface area (Å²) in [5, 5.41) is 3.39. The topological polar surface area (TPSA) is 85.7 Å². The number of carbonyl (C=O) groups excluding carboxylic acids is 1. The number of benzene rings is 2. The van der Waals surface area contributed by atoms with E-state index in [0.29, 0.717) is 52.5 Å². The summed E-state index contributed by atoms with van der Waals surface area (Å²) in [6.45, 7) is 0.457. The summed E-state index contributed by atoms with van der Waals surface area (Å²) >= 11 is 6.10. The van der Waals surface area contributed by atoms with E-state index in [9.17, 15) is 22.8 Å². The number of rotatable bonds is 7. The van der Waals surface area contributed by atoms with Gasteiger partial charge in [-0.3, -0.25) is 9.59 Å². The molecule has 1 aliphatic heterocycles. The first-order valence-electron chi connectivity index (χ1n) is 11.7. The van der Waals surface area contributed by atoms with Crippen LogP contribution in [0, 0.1) is 0 Å². The van der Waals surface area contributed by atoms with Gasteiger partial charge in [-0.1, -0.05) is 23.7 Å². The van der Waals surface area contributed by atoms with Crippen LogP contribution in [0.4, 0.5) is 19.1 Å². The van der Waals surface area contributed by atoms with Gasteiger partial charge in [0.05, 0.1) is 28.9 Å². The SMILES string of the molecule is COn1c(NCc2ccc(C(F)(F)F)cc2)nc2c(c1=O)CN(C(=O)c1ccc(Cl)cc1OC1=CC1)CC2. The number of hydrogen-bond acceptors (Lipinski definition) is 6. The van der Waals surface area contributed by atoms with E-state index in [0.717, 1.165) is 22.6 Å². The first-order chi connectivity index (χ1) is 18.1. The smallest absolute Gasteiger partial charge is 0.416 e. The van der Waals surface area contributed by atoms with Gasteiger partial charge in [0.25, 0.3) is 11.5 Å². The molecule has 2 heterocycles. The van der Waals surface area contributed by atoms with Crippen molar-refractivity contribution in [2.75, 3.05) is 19.0 Å². The first-order valence-corrected chi connectivity index (χ1v) is 12.1. The van der Waals surface area contributed by atoms with Crippen molar-refractivity contribution in [1.29, 1.82) is 0 Å². The molecule has 0 saturated carbocycles. The highest BCUT2D eigenvalue weighted by molar-refractivity contribution is 6.30. The molecule has 0 spiro atoms. The summed E-state index contributed by atoms with van der Waals surface area (Å²) in [5.41, 5.74) is 0.488. The Hall–Kier alpha value is -3.99. The lowest BCUT2D eigenvalue weighted by atomic mass is 10.1. The largest absolute Gasteiger partial charge is 0.461 e. The third kappa shape index (κ3) is 5.33. The van der Waals surface area contributed by atoms with Crippen molar-refractivity contribution in [1.82, 2.24) is 14.6 Å². The van der Waals surface area contributed by atoms with Crippen LogP contribution in [-0.4, -0.2) is 34.2 Å². The molecule has 1 N–H and O–H groups in total. The maximum Gasteiger partial charge on any atom is 0.416 e. The van der Waals surface area contributed by atoms with Crippen molar-refractivity contribution < 1.29 is 27.5 Å².